The second-order valence-corrected chi connectivity index (χ2v) is 4.81. The molecule has 0 aliphatic rings. The average molecular weight is 299 g/mol. The molecule has 20 heavy (non-hydrogen) atoms. The molecule has 0 amide bonds. The Morgan fingerprint density at radius 1 is 1.10 bits per heavy atom. The molecule has 104 valence electrons. The van der Waals surface area contributed by atoms with Crippen molar-refractivity contribution in [3.05, 3.63) is 69.5 Å². The topological polar surface area (TPSA) is 17.1 Å². The number of rotatable bonds is 3. The Labute approximate surface area is 119 Å². The van der Waals surface area contributed by atoms with Gasteiger partial charge in [0, 0.05) is 6.42 Å². The summed E-state index contributed by atoms with van der Waals surface area (Å²) >= 11 is 5.60. The highest BCUT2D eigenvalue weighted by Crippen LogP contribution is 2.21. The number of hydrogen-bond donors (Lipinski definition) is 0. The van der Waals surface area contributed by atoms with Gasteiger partial charge in [-0.2, -0.15) is 0 Å². The van der Waals surface area contributed by atoms with Crippen molar-refractivity contribution in [2.75, 3.05) is 0 Å². The van der Waals surface area contributed by atoms with Gasteiger partial charge >= 0.3 is 0 Å². The van der Waals surface area contributed by atoms with E-state index in [2.05, 4.69) is 0 Å². The van der Waals surface area contributed by atoms with Gasteiger partial charge in [-0.15, -0.1) is 0 Å². The first-order valence-corrected chi connectivity index (χ1v) is 6.19. The molecule has 1 nitrogen and oxygen atoms in total. The molecule has 0 N–H and O–H groups in total. The molecule has 5 heteroatoms. The minimum atomic E-state index is -0.911. The number of benzene rings is 2. The van der Waals surface area contributed by atoms with Gasteiger partial charge in [-0.3, -0.25) is 4.79 Å². The predicted molar refractivity (Wildman–Crippen MR) is 70.5 cm³/mol. The first-order chi connectivity index (χ1) is 9.40. The molecule has 0 atom stereocenters. The van der Waals surface area contributed by atoms with Gasteiger partial charge in [-0.25, -0.2) is 13.2 Å². The molecule has 0 aromatic heterocycles. The Morgan fingerprint density at radius 2 is 1.75 bits per heavy atom. The molecular weight excluding hydrogens is 289 g/mol. The van der Waals surface area contributed by atoms with Crippen LogP contribution in [0.25, 0.3) is 0 Å². The summed E-state index contributed by atoms with van der Waals surface area (Å²) in [5.41, 5.74) is -0.000887. The largest absolute Gasteiger partial charge is 0.294 e. The van der Waals surface area contributed by atoms with Gasteiger partial charge in [0.2, 0.25) is 0 Å². The molecule has 0 spiro atoms. The van der Waals surface area contributed by atoms with E-state index in [0.717, 1.165) is 12.1 Å². The van der Waals surface area contributed by atoms with Crippen LogP contribution in [0.15, 0.2) is 30.3 Å². The third-order valence-electron chi connectivity index (χ3n) is 2.91. The van der Waals surface area contributed by atoms with Crippen LogP contribution >= 0.6 is 11.6 Å². The van der Waals surface area contributed by atoms with Crippen LogP contribution in [0.2, 0.25) is 5.02 Å². The lowest BCUT2D eigenvalue weighted by atomic mass is 10.00. The van der Waals surface area contributed by atoms with Crippen molar-refractivity contribution in [2.45, 2.75) is 13.3 Å². The Balaban J connectivity index is 2.33. The lowest BCUT2D eigenvalue weighted by Crippen LogP contribution is -2.10. The Hall–Kier alpha value is -1.81. The number of aryl methyl sites for hydroxylation is 1. The molecule has 0 heterocycles. The highest BCUT2D eigenvalue weighted by atomic mass is 35.5. The molecule has 0 saturated carbocycles. The van der Waals surface area contributed by atoms with Crippen molar-refractivity contribution < 1.29 is 18.0 Å². The van der Waals surface area contributed by atoms with E-state index >= 15 is 0 Å². The molecule has 2 rings (SSSR count). The summed E-state index contributed by atoms with van der Waals surface area (Å²) in [4.78, 5) is 12.0. The zero-order valence-corrected chi connectivity index (χ0v) is 11.3. The van der Waals surface area contributed by atoms with Crippen LogP contribution < -0.4 is 0 Å². The van der Waals surface area contributed by atoms with Crippen LogP contribution in [0.3, 0.4) is 0 Å². The first kappa shape index (κ1) is 14.6. The van der Waals surface area contributed by atoms with Gasteiger partial charge in [-0.1, -0.05) is 23.7 Å². The van der Waals surface area contributed by atoms with Gasteiger partial charge in [0.1, 0.15) is 17.5 Å². The van der Waals surface area contributed by atoms with Crippen LogP contribution in [0.1, 0.15) is 21.5 Å². The molecule has 0 saturated heterocycles. The van der Waals surface area contributed by atoms with Gasteiger partial charge in [-0.05, 0) is 36.2 Å². The van der Waals surface area contributed by atoms with Gasteiger partial charge < -0.3 is 0 Å². The van der Waals surface area contributed by atoms with Crippen molar-refractivity contribution in [3.8, 4) is 0 Å². The number of hydrogen-bond acceptors (Lipinski definition) is 1. The van der Waals surface area contributed by atoms with E-state index in [-0.39, 0.29) is 17.0 Å². The number of ketones is 1. The third kappa shape index (κ3) is 2.85. The molecule has 2 aromatic carbocycles. The van der Waals surface area contributed by atoms with Gasteiger partial charge in [0.25, 0.3) is 0 Å². The molecule has 2 aromatic rings. The fourth-order valence-electron chi connectivity index (χ4n) is 1.84. The second kappa shape index (κ2) is 5.67. The third-order valence-corrected chi connectivity index (χ3v) is 3.20. The van der Waals surface area contributed by atoms with Crippen LogP contribution in [0.5, 0.6) is 0 Å². The molecule has 0 fully saturated rings. The molecule has 0 aliphatic heterocycles. The van der Waals surface area contributed by atoms with E-state index in [1.54, 1.807) is 0 Å². The molecule has 0 bridgehead atoms. The number of carbonyl (C=O) groups excluding carboxylic acids is 1. The monoisotopic (exact) mass is 298 g/mol. The van der Waals surface area contributed by atoms with Gasteiger partial charge in [0.05, 0.1) is 10.6 Å². The predicted octanol–water partition coefficient (Wildman–Crippen LogP) is 4.49. The number of carbonyl (C=O) groups is 1. The van der Waals surface area contributed by atoms with Crippen LogP contribution in [-0.2, 0) is 6.42 Å². The van der Waals surface area contributed by atoms with E-state index < -0.39 is 28.8 Å². The maximum absolute atomic E-state index is 13.8. The Bertz CT molecular complexity index is 683. The normalized spacial score (nSPS) is 10.7. The summed E-state index contributed by atoms with van der Waals surface area (Å²) in [5, 5.41) is -0.138. The first-order valence-electron chi connectivity index (χ1n) is 5.82. The van der Waals surface area contributed by atoms with E-state index in [4.69, 9.17) is 11.6 Å². The van der Waals surface area contributed by atoms with Crippen molar-refractivity contribution in [1.82, 2.24) is 0 Å². The van der Waals surface area contributed by atoms with Crippen molar-refractivity contribution in [1.29, 1.82) is 0 Å². The van der Waals surface area contributed by atoms with Crippen molar-refractivity contribution >= 4 is 17.4 Å². The number of Topliss-reactive ketones (excluding diaryl/α,β-unsaturated/α-hetero) is 1. The van der Waals surface area contributed by atoms with Crippen LogP contribution in [0.4, 0.5) is 13.2 Å². The summed E-state index contributed by atoms with van der Waals surface area (Å²) in [7, 11) is 0. The highest BCUT2D eigenvalue weighted by Gasteiger charge is 2.19. The maximum atomic E-state index is 13.8. The van der Waals surface area contributed by atoms with E-state index in [0.29, 0.717) is 5.56 Å². The molecule has 0 radical (unpaired) electrons. The Kier molecular flexibility index (Phi) is 4.14. The lowest BCUT2D eigenvalue weighted by molar-refractivity contribution is 0.0984. The van der Waals surface area contributed by atoms with Crippen molar-refractivity contribution in [3.63, 3.8) is 0 Å². The van der Waals surface area contributed by atoms with E-state index in [9.17, 15) is 18.0 Å². The minimum absolute atomic E-state index is 0.138. The summed E-state index contributed by atoms with van der Waals surface area (Å²) in [6.07, 6.45) is -0.253. The summed E-state index contributed by atoms with van der Waals surface area (Å²) in [6, 6.07) is 6.03. The fraction of sp³-hybridized carbons (Fsp3) is 0.133. The average Bonchev–Trinajstić information content (AvgIpc) is 2.39. The summed E-state index contributed by atoms with van der Waals surface area (Å²) in [6.45, 7) is 1.44. The second-order valence-electron chi connectivity index (χ2n) is 4.40. The number of halogens is 4. The van der Waals surface area contributed by atoms with E-state index in [1.165, 1.54) is 25.1 Å². The molecule has 0 unspecified atom stereocenters. The highest BCUT2D eigenvalue weighted by molar-refractivity contribution is 6.30. The SMILES string of the molecule is Cc1ccc(F)c(C(=O)Cc2ccc(F)c(Cl)c2)c1F. The zero-order chi connectivity index (χ0) is 14.9. The standard InChI is InChI=1S/C15H10ClF3O/c1-8-2-4-12(18)14(15(8)19)13(20)7-9-3-5-11(17)10(16)6-9/h2-6H,7H2,1H3. The smallest absolute Gasteiger partial charge is 0.173 e. The fourth-order valence-corrected chi connectivity index (χ4v) is 2.04. The maximum Gasteiger partial charge on any atom is 0.173 e. The quantitative estimate of drug-likeness (QED) is 0.763. The minimum Gasteiger partial charge on any atom is -0.294 e. The zero-order valence-electron chi connectivity index (χ0n) is 10.5. The molecular formula is C15H10ClF3O. The summed E-state index contributed by atoms with van der Waals surface area (Å²) < 4.78 is 40.4. The van der Waals surface area contributed by atoms with Crippen LogP contribution in [0, 0.1) is 24.4 Å². The van der Waals surface area contributed by atoms with Gasteiger partial charge in [0.15, 0.2) is 5.78 Å². The van der Waals surface area contributed by atoms with Crippen molar-refractivity contribution in [2.24, 2.45) is 0 Å². The van der Waals surface area contributed by atoms with Crippen LogP contribution in [-0.4, -0.2) is 5.78 Å². The Morgan fingerprint density at radius 3 is 2.40 bits per heavy atom. The molecule has 0 aliphatic carbocycles. The van der Waals surface area contributed by atoms with E-state index in [1.807, 2.05) is 0 Å². The summed E-state index contributed by atoms with van der Waals surface area (Å²) in [5.74, 6) is -3.11. The lowest BCUT2D eigenvalue weighted by Gasteiger charge is -2.07.